The molecule has 10 heteroatoms. The van der Waals surface area contributed by atoms with Crippen LogP contribution in [-0.2, 0) is 17.5 Å². The fraction of sp³-hybridized carbons (Fsp3) is 0.333. The molecule has 1 aliphatic rings. The van der Waals surface area contributed by atoms with Crippen LogP contribution in [0.2, 0.25) is 0 Å². The summed E-state index contributed by atoms with van der Waals surface area (Å²) < 4.78 is 46.0. The number of morpholine rings is 1. The number of halogens is 3. The van der Waals surface area contributed by atoms with E-state index >= 15 is 0 Å². The van der Waals surface area contributed by atoms with Gasteiger partial charge in [-0.15, -0.1) is 5.10 Å². The van der Waals surface area contributed by atoms with Crippen LogP contribution >= 0.6 is 0 Å². The summed E-state index contributed by atoms with van der Waals surface area (Å²) in [5, 5.41) is 21.8. The van der Waals surface area contributed by atoms with Gasteiger partial charge in [0.15, 0.2) is 5.82 Å². The molecule has 0 amide bonds. The Labute approximate surface area is 176 Å². The molecule has 3 aromatic rings. The number of fused-ring (bicyclic) bond motifs is 1. The van der Waals surface area contributed by atoms with Gasteiger partial charge in [0.05, 0.1) is 36.1 Å². The zero-order valence-electron chi connectivity index (χ0n) is 16.7. The highest BCUT2D eigenvalue weighted by molar-refractivity contribution is 5.94. The number of alkyl halides is 3. The Hall–Kier alpha value is -3.45. The molecule has 2 aromatic heterocycles. The third-order valence-electron chi connectivity index (χ3n) is 5.17. The third kappa shape index (κ3) is 4.22. The highest BCUT2D eigenvalue weighted by atomic mass is 19.4. The third-order valence-corrected chi connectivity index (χ3v) is 5.17. The molecule has 0 bridgehead atoms. The van der Waals surface area contributed by atoms with Gasteiger partial charge in [0.2, 0.25) is 0 Å². The minimum absolute atomic E-state index is 0.0375. The maximum absolute atomic E-state index is 13.6. The molecule has 1 aromatic carbocycles. The van der Waals surface area contributed by atoms with E-state index in [9.17, 15) is 13.2 Å². The minimum atomic E-state index is -4.64. The topological polar surface area (TPSA) is 87.0 Å². The van der Waals surface area contributed by atoms with Crippen molar-refractivity contribution in [3.8, 4) is 6.07 Å². The number of rotatable bonds is 4. The quantitative estimate of drug-likeness (QED) is 0.678. The van der Waals surface area contributed by atoms with Crippen LogP contribution in [0.4, 0.5) is 24.8 Å². The lowest BCUT2D eigenvalue weighted by atomic mass is 10.0. The summed E-state index contributed by atoms with van der Waals surface area (Å²) in [7, 11) is 0. The largest absolute Gasteiger partial charge is 0.418 e. The van der Waals surface area contributed by atoms with Crippen molar-refractivity contribution in [1.29, 1.82) is 5.26 Å². The molecule has 0 spiro atoms. The molecule has 1 N–H and O–H groups in total. The highest BCUT2D eigenvalue weighted by Gasteiger charge is 2.36. The molecule has 0 saturated carbocycles. The van der Waals surface area contributed by atoms with E-state index in [1.54, 1.807) is 19.2 Å². The van der Waals surface area contributed by atoms with E-state index in [1.165, 1.54) is 12.1 Å². The Balaban J connectivity index is 1.69. The summed E-state index contributed by atoms with van der Waals surface area (Å²) in [6, 6.07) is 7.43. The molecule has 31 heavy (non-hydrogen) atoms. The van der Waals surface area contributed by atoms with Gasteiger partial charge in [-0.25, -0.2) is 4.98 Å². The number of anilines is 2. The van der Waals surface area contributed by atoms with Gasteiger partial charge in [0.25, 0.3) is 0 Å². The minimum Gasteiger partial charge on any atom is -0.378 e. The number of nitrogens with zero attached hydrogens (tertiary/aromatic N) is 5. The van der Waals surface area contributed by atoms with Gasteiger partial charge in [-0.05, 0) is 24.6 Å². The Morgan fingerprint density at radius 1 is 1.19 bits per heavy atom. The van der Waals surface area contributed by atoms with E-state index in [4.69, 9.17) is 10.00 Å². The number of aromatic nitrogens is 3. The number of hydrogen-bond acceptors (Lipinski definition) is 7. The number of benzene rings is 1. The van der Waals surface area contributed by atoms with Crippen LogP contribution in [0.3, 0.4) is 0 Å². The Kier molecular flexibility index (Phi) is 5.61. The van der Waals surface area contributed by atoms with E-state index in [0.717, 1.165) is 17.3 Å². The predicted octanol–water partition coefficient (Wildman–Crippen LogP) is 3.67. The predicted molar refractivity (Wildman–Crippen MR) is 109 cm³/mol. The molecule has 0 radical (unpaired) electrons. The van der Waals surface area contributed by atoms with Crippen molar-refractivity contribution in [2.45, 2.75) is 19.6 Å². The number of ether oxygens (including phenoxy) is 1. The number of nitrogens with one attached hydrogen (secondary N) is 1. The summed E-state index contributed by atoms with van der Waals surface area (Å²) in [5.74, 6) is 1.10. The standard InChI is InChI=1S/C21H19F3N6O/c1-13-17-12-26-18(30-5-7-31-8-6-30)9-16(17)20(29-28-13)27-11-15-4-2-3-14(10-25)19(15)21(22,23)24/h2-4,9,12H,5-8,11H2,1H3,(H,27,29). The molecule has 7 nitrogen and oxygen atoms in total. The van der Waals surface area contributed by atoms with Crippen molar-refractivity contribution in [3.63, 3.8) is 0 Å². The Bertz CT molecular complexity index is 1150. The maximum atomic E-state index is 13.6. The second-order valence-corrected chi connectivity index (χ2v) is 7.12. The summed E-state index contributed by atoms with van der Waals surface area (Å²) in [6.07, 6.45) is -2.94. The van der Waals surface area contributed by atoms with Crippen LogP contribution in [0, 0.1) is 18.3 Å². The molecule has 1 fully saturated rings. The van der Waals surface area contributed by atoms with Crippen molar-refractivity contribution in [1.82, 2.24) is 15.2 Å². The fourth-order valence-corrected chi connectivity index (χ4v) is 3.61. The van der Waals surface area contributed by atoms with Crippen LogP contribution < -0.4 is 10.2 Å². The first-order valence-corrected chi connectivity index (χ1v) is 9.67. The van der Waals surface area contributed by atoms with Gasteiger partial charge in [0, 0.05) is 36.6 Å². The molecular formula is C21H19F3N6O. The summed E-state index contributed by atoms with van der Waals surface area (Å²) in [5.41, 5.74) is -0.718. The maximum Gasteiger partial charge on any atom is 0.418 e. The lowest BCUT2D eigenvalue weighted by Crippen LogP contribution is -2.36. The van der Waals surface area contributed by atoms with Crippen molar-refractivity contribution in [3.05, 3.63) is 52.8 Å². The average molecular weight is 428 g/mol. The smallest absolute Gasteiger partial charge is 0.378 e. The van der Waals surface area contributed by atoms with E-state index in [0.29, 0.717) is 43.2 Å². The average Bonchev–Trinajstić information content (AvgIpc) is 2.78. The first kappa shape index (κ1) is 20.8. The number of pyridine rings is 1. The van der Waals surface area contributed by atoms with Gasteiger partial charge in [-0.3, -0.25) is 0 Å². The molecule has 1 aliphatic heterocycles. The molecule has 160 valence electrons. The van der Waals surface area contributed by atoms with Gasteiger partial charge < -0.3 is 15.0 Å². The van der Waals surface area contributed by atoms with Crippen LogP contribution in [0.25, 0.3) is 10.8 Å². The molecule has 1 saturated heterocycles. The van der Waals surface area contributed by atoms with Crippen LogP contribution in [0.15, 0.2) is 30.5 Å². The first-order valence-electron chi connectivity index (χ1n) is 9.67. The van der Waals surface area contributed by atoms with Crippen LogP contribution in [-0.4, -0.2) is 41.5 Å². The zero-order valence-corrected chi connectivity index (χ0v) is 16.7. The fourth-order valence-electron chi connectivity index (χ4n) is 3.61. The van der Waals surface area contributed by atoms with E-state index in [2.05, 4.69) is 25.4 Å². The van der Waals surface area contributed by atoms with Gasteiger partial charge >= 0.3 is 6.18 Å². The van der Waals surface area contributed by atoms with Gasteiger partial charge in [0.1, 0.15) is 5.82 Å². The normalized spacial score (nSPS) is 14.5. The molecule has 0 unspecified atom stereocenters. The SMILES string of the molecule is Cc1nnc(NCc2cccc(C#N)c2C(F)(F)F)c2cc(N3CCOCC3)ncc12. The molecule has 0 aliphatic carbocycles. The van der Waals surface area contributed by atoms with Crippen molar-refractivity contribution in [2.75, 3.05) is 36.5 Å². The van der Waals surface area contributed by atoms with Gasteiger partial charge in [-0.1, -0.05) is 12.1 Å². The monoisotopic (exact) mass is 428 g/mol. The van der Waals surface area contributed by atoms with E-state index in [-0.39, 0.29) is 12.1 Å². The van der Waals surface area contributed by atoms with Gasteiger partial charge in [-0.2, -0.15) is 23.5 Å². The van der Waals surface area contributed by atoms with Crippen molar-refractivity contribution >= 4 is 22.4 Å². The van der Waals surface area contributed by atoms with Crippen molar-refractivity contribution < 1.29 is 17.9 Å². The molecule has 4 rings (SSSR count). The van der Waals surface area contributed by atoms with Crippen LogP contribution in [0.5, 0.6) is 0 Å². The lowest BCUT2D eigenvalue weighted by Gasteiger charge is -2.28. The molecular weight excluding hydrogens is 409 g/mol. The second kappa shape index (κ2) is 8.35. The van der Waals surface area contributed by atoms with Crippen molar-refractivity contribution in [2.24, 2.45) is 0 Å². The molecule has 0 atom stereocenters. The molecule has 3 heterocycles. The number of aryl methyl sites for hydroxylation is 1. The Morgan fingerprint density at radius 2 is 1.97 bits per heavy atom. The lowest BCUT2D eigenvalue weighted by molar-refractivity contribution is -0.138. The van der Waals surface area contributed by atoms with E-state index in [1.807, 2.05) is 6.07 Å². The van der Waals surface area contributed by atoms with E-state index < -0.39 is 17.3 Å². The Morgan fingerprint density at radius 3 is 2.68 bits per heavy atom. The summed E-state index contributed by atoms with van der Waals surface area (Å²) >= 11 is 0. The highest BCUT2D eigenvalue weighted by Crippen LogP contribution is 2.35. The summed E-state index contributed by atoms with van der Waals surface area (Å²) in [4.78, 5) is 6.59. The first-order chi connectivity index (χ1) is 14.9. The number of nitriles is 1. The zero-order chi connectivity index (χ0) is 22.0. The van der Waals surface area contributed by atoms with Crippen LogP contribution in [0.1, 0.15) is 22.4 Å². The second-order valence-electron chi connectivity index (χ2n) is 7.12. The number of hydrogen-bond donors (Lipinski definition) is 1. The summed E-state index contributed by atoms with van der Waals surface area (Å²) in [6.45, 7) is 4.25.